The molecule has 1 fully saturated rings. The first-order valence-corrected chi connectivity index (χ1v) is 9.42. The Morgan fingerprint density at radius 3 is 2.85 bits per heavy atom. The first-order valence-electron chi connectivity index (χ1n) is 9.42. The molecule has 0 aliphatic carbocycles. The van der Waals surface area contributed by atoms with E-state index in [1.165, 1.54) is 18.6 Å². The molecule has 0 saturated carbocycles. The molecule has 140 valence electrons. The molecular weight excluding hydrogens is 331 g/mol. The summed E-state index contributed by atoms with van der Waals surface area (Å²) in [6, 6.07) is 8.35. The van der Waals surface area contributed by atoms with Crippen molar-refractivity contribution in [1.29, 1.82) is 0 Å². The molecule has 1 unspecified atom stereocenters. The van der Waals surface area contributed by atoms with Crippen molar-refractivity contribution in [2.75, 3.05) is 19.6 Å². The van der Waals surface area contributed by atoms with Crippen LogP contribution in [-0.4, -0.2) is 40.2 Å². The lowest BCUT2D eigenvalue weighted by Gasteiger charge is -2.22. The normalized spacial score (nSPS) is 17.2. The maximum absolute atomic E-state index is 13.1. The summed E-state index contributed by atoms with van der Waals surface area (Å²) in [5.74, 6) is 0.210. The van der Waals surface area contributed by atoms with Crippen molar-refractivity contribution < 1.29 is 9.18 Å². The molecule has 0 spiro atoms. The van der Waals surface area contributed by atoms with Crippen LogP contribution >= 0.6 is 0 Å². The molecule has 1 aromatic carbocycles. The maximum Gasteiger partial charge on any atom is 0.244 e. The molecule has 6 heteroatoms. The van der Waals surface area contributed by atoms with E-state index in [0.717, 1.165) is 37.2 Å². The largest absolute Gasteiger partial charge is 0.337 e. The predicted molar refractivity (Wildman–Crippen MR) is 99.2 cm³/mol. The molecule has 5 nitrogen and oxygen atoms in total. The minimum atomic E-state index is -0.261. The zero-order valence-corrected chi connectivity index (χ0v) is 15.3. The van der Waals surface area contributed by atoms with Gasteiger partial charge in [-0.3, -0.25) is 9.48 Å². The monoisotopic (exact) mass is 358 g/mol. The van der Waals surface area contributed by atoms with Crippen LogP contribution in [0.1, 0.15) is 43.4 Å². The quantitative estimate of drug-likeness (QED) is 0.828. The van der Waals surface area contributed by atoms with Crippen LogP contribution in [0.15, 0.2) is 36.5 Å². The van der Waals surface area contributed by atoms with Crippen molar-refractivity contribution in [3.05, 3.63) is 53.6 Å². The third kappa shape index (κ3) is 4.91. The summed E-state index contributed by atoms with van der Waals surface area (Å²) in [5.41, 5.74) is 1.99. The van der Waals surface area contributed by atoms with E-state index in [1.807, 2.05) is 24.1 Å². The van der Waals surface area contributed by atoms with E-state index in [1.54, 1.807) is 16.8 Å². The van der Waals surface area contributed by atoms with Crippen molar-refractivity contribution in [2.45, 2.75) is 45.2 Å². The Morgan fingerprint density at radius 2 is 2.15 bits per heavy atom. The van der Waals surface area contributed by atoms with E-state index >= 15 is 0 Å². The summed E-state index contributed by atoms with van der Waals surface area (Å²) in [4.78, 5) is 14.6. The number of nitrogens with zero attached hydrogens (tertiary/aromatic N) is 3. The lowest BCUT2D eigenvalue weighted by Crippen LogP contribution is -2.34. The molecular formula is C20H27FN4O. The fourth-order valence-electron chi connectivity index (χ4n) is 3.40. The van der Waals surface area contributed by atoms with Gasteiger partial charge >= 0.3 is 0 Å². The molecule has 1 aliphatic heterocycles. The second-order valence-corrected chi connectivity index (χ2v) is 6.92. The van der Waals surface area contributed by atoms with E-state index < -0.39 is 0 Å². The molecule has 0 radical (unpaired) electrons. The van der Waals surface area contributed by atoms with E-state index in [2.05, 4.69) is 10.4 Å². The highest BCUT2D eigenvalue weighted by Gasteiger charge is 2.19. The number of carbonyl (C=O) groups is 1. The van der Waals surface area contributed by atoms with E-state index in [0.29, 0.717) is 19.0 Å². The number of amides is 1. The summed E-state index contributed by atoms with van der Waals surface area (Å²) in [7, 11) is 0. The van der Waals surface area contributed by atoms with Gasteiger partial charge in [-0.15, -0.1) is 0 Å². The van der Waals surface area contributed by atoms with Crippen LogP contribution in [0.25, 0.3) is 0 Å². The zero-order chi connectivity index (χ0) is 18.4. The molecule has 2 aromatic rings. The SMILES string of the molecule is CCCN(Cc1ccc(F)cc1)C(=O)Cn1ccc(C2CCCNC2)n1. The van der Waals surface area contributed by atoms with Crippen molar-refractivity contribution in [3.63, 3.8) is 0 Å². The number of benzene rings is 1. The Labute approximate surface area is 154 Å². The van der Waals surface area contributed by atoms with Crippen LogP contribution in [0.2, 0.25) is 0 Å². The lowest BCUT2D eigenvalue weighted by atomic mass is 9.97. The molecule has 1 saturated heterocycles. The highest BCUT2D eigenvalue weighted by Crippen LogP contribution is 2.21. The van der Waals surface area contributed by atoms with Gasteiger partial charge in [-0.2, -0.15) is 5.10 Å². The number of aromatic nitrogens is 2. The van der Waals surface area contributed by atoms with Crippen molar-refractivity contribution in [1.82, 2.24) is 20.0 Å². The van der Waals surface area contributed by atoms with Crippen LogP contribution in [0.4, 0.5) is 4.39 Å². The van der Waals surface area contributed by atoms with Crippen LogP contribution in [0.3, 0.4) is 0 Å². The summed E-state index contributed by atoms with van der Waals surface area (Å²) in [6.07, 6.45) is 5.08. The van der Waals surface area contributed by atoms with Crippen LogP contribution in [-0.2, 0) is 17.9 Å². The fourth-order valence-corrected chi connectivity index (χ4v) is 3.40. The molecule has 2 heterocycles. The van der Waals surface area contributed by atoms with Crippen molar-refractivity contribution >= 4 is 5.91 Å². The van der Waals surface area contributed by atoms with Gasteiger partial charge in [-0.1, -0.05) is 19.1 Å². The summed E-state index contributed by atoms with van der Waals surface area (Å²) >= 11 is 0. The van der Waals surface area contributed by atoms with Gasteiger partial charge in [0.25, 0.3) is 0 Å². The lowest BCUT2D eigenvalue weighted by molar-refractivity contribution is -0.132. The summed E-state index contributed by atoms with van der Waals surface area (Å²) in [6.45, 7) is 5.49. The third-order valence-electron chi connectivity index (χ3n) is 4.81. The topological polar surface area (TPSA) is 50.2 Å². The second-order valence-electron chi connectivity index (χ2n) is 6.92. The van der Waals surface area contributed by atoms with Crippen molar-refractivity contribution in [3.8, 4) is 0 Å². The number of rotatable bonds is 7. The fraction of sp³-hybridized carbons (Fsp3) is 0.500. The molecule has 1 N–H and O–H groups in total. The molecule has 1 atom stereocenters. The van der Waals surface area contributed by atoms with Gasteiger partial charge in [0.1, 0.15) is 12.4 Å². The maximum atomic E-state index is 13.1. The number of carbonyl (C=O) groups excluding carboxylic acids is 1. The molecule has 1 aliphatic rings. The third-order valence-corrected chi connectivity index (χ3v) is 4.81. The van der Waals surface area contributed by atoms with Gasteiger partial charge in [0.05, 0.1) is 5.69 Å². The van der Waals surface area contributed by atoms with Gasteiger partial charge in [0.2, 0.25) is 5.91 Å². The molecule has 1 amide bonds. The molecule has 0 bridgehead atoms. The molecule has 1 aromatic heterocycles. The standard InChI is InChI=1S/C20H27FN4O/c1-2-11-24(14-16-5-7-18(21)8-6-16)20(26)15-25-12-9-19(23-25)17-4-3-10-22-13-17/h5-9,12,17,22H,2-4,10-11,13-15H2,1H3. The van der Waals surface area contributed by atoms with E-state index in [-0.39, 0.29) is 18.3 Å². The number of piperidine rings is 1. The predicted octanol–water partition coefficient (Wildman–Crippen LogP) is 2.93. The Balaban J connectivity index is 1.62. The van der Waals surface area contributed by atoms with E-state index in [4.69, 9.17) is 0 Å². The first-order chi connectivity index (χ1) is 12.7. The van der Waals surface area contributed by atoms with Crippen molar-refractivity contribution in [2.24, 2.45) is 0 Å². The van der Waals surface area contributed by atoms with E-state index in [9.17, 15) is 9.18 Å². The van der Waals surface area contributed by atoms with Gasteiger partial charge < -0.3 is 10.2 Å². The van der Waals surface area contributed by atoms with Crippen LogP contribution in [0, 0.1) is 5.82 Å². The molecule has 26 heavy (non-hydrogen) atoms. The Morgan fingerprint density at radius 1 is 1.35 bits per heavy atom. The van der Waals surface area contributed by atoms with Gasteiger partial charge in [-0.05, 0) is 49.6 Å². The smallest absolute Gasteiger partial charge is 0.244 e. The first kappa shape index (κ1) is 18.6. The number of hydrogen-bond donors (Lipinski definition) is 1. The van der Waals surface area contributed by atoms with Crippen LogP contribution in [0.5, 0.6) is 0 Å². The average Bonchev–Trinajstić information content (AvgIpc) is 3.12. The van der Waals surface area contributed by atoms with Gasteiger partial charge in [-0.25, -0.2) is 4.39 Å². The Bertz CT molecular complexity index is 707. The second kappa shape index (κ2) is 8.94. The summed E-state index contributed by atoms with van der Waals surface area (Å²) < 4.78 is 14.8. The molecule has 3 rings (SSSR count). The van der Waals surface area contributed by atoms with Gasteiger partial charge in [0.15, 0.2) is 0 Å². The zero-order valence-electron chi connectivity index (χ0n) is 15.3. The minimum Gasteiger partial charge on any atom is -0.337 e. The Hall–Kier alpha value is -2.21. The number of halogens is 1. The summed E-state index contributed by atoms with van der Waals surface area (Å²) in [5, 5.41) is 8.01. The minimum absolute atomic E-state index is 0.0348. The number of hydrogen-bond acceptors (Lipinski definition) is 3. The highest BCUT2D eigenvalue weighted by molar-refractivity contribution is 5.75. The highest BCUT2D eigenvalue weighted by atomic mass is 19.1. The van der Waals surface area contributed by atoms with Gasteiger partial charge in [0, 0.05) is 31.7 Å². The van der Waals surface area contributed by atoms with Crippen LogP contribution < -0.4 is 5.32 Å². The Kier molecular flexibility index (Phi) is 6.39. The number of nitrogens with one attached hydrogen (secondary N) is 1. The average molecular weight is 358 g/mol.